The normalized spacial score (nSPS) is 31.1. The molecule has 56 heavy (non-hydrogen) atoms. The van der Waals surface area contributed by atoms with Crippen molar-refractivity contribution in [1.82, 2.24) is 0 Å². The maximum absolute atomic E-state index is 11.9. The number of benzene rings is 2. The lowest BCUT2D eigenvalue weighted by atomic mass is 9.79. The first-order chi connectivity index (χ1) is 26.5. The molecule has 7 rings (SSSR count). The Morgan fingerprint density at radius 3 is 1.57 bits per heavy atom. The number of hydrogen-bond donors (Lipinski definition) is 2. The molecule has 0 aliphatic carbocycles. The third-order valence-corrected chi connectivity index (χ3v) is 11.9. The number of aliphatic hydroxyl groups is 2. The molecule has 0 saturated carbocycles. The zero-order chi connectivity index (χ0) is 40.9. The van der Waals surface area contributed by atoms with Gasteiger partial charge in [0, 0.05) is 23.0 Å². The minimum Gasteiger partial charge on any atom is -0.496 e. The molecule has 2 N–H and O–H groups in total. The van der Waals surface area contributed by atoms with Crippen molar-refractivity contribution in [2.75, 3.05) is 14.2 Å². The summed E-state index contributed by atoms with van der Waals surface area (Å²) in [6, 6.07) is 9.48. The van der Waals surface area contributed by atoms with Gasteiger partial charge in [-0.25, -0.2) is 14.4 Å². The quantitative estimate of drug-likeness (QED) is 0.158. The molecule has 304 valence electrons. The summed E-state index contributed by atoms with van der Waals surface area (Å²) < 4.78 is 56.2. The van der Waals surface area contributed by atoms with Gasteiger partial charge in [0.1, 0.15) is 40.3 Å². The third-order valence-electron chi connectivity index (χ3n) is 11.9. The smallest absolute Gasteiger partial charge is 0.496 e. The zero-order valence-corrected chi connectivity index (χ0v) is 33.2. The fraction of sp³-hybridized carbons (Fsp3) is 0.537. The van der Waals surface area contributed by atoms with E-state index in [0.29, 0.717) is 68.9 Å². The van der Waals surface area contributed by atoms with Crippen LogP contribution in [-0.2, 0) is 18.9 Å². The topological polar surface area (TPSA) is 192 Å². The fourth-order valence-corrected chi connectivity index (χ4v) is 7.50. The summed E-state index contributed by atoms with van der Waals surface area (Å²) in [5.74, 6) is 1.36. The number of aryl methyl sites for hydroxylation is 2. The van der Waals surface area contributed by atoms with Gasteiger partial charge in [-0.1, -0.05) is 27.7 Å². The number of hydrogen-bond acceptors (Lipinski definition) is 15. The Kier molecular flexibility index (Phi) is 11.4. The first-order valence-corrected chi connectivity index (χ1v) is 18.6. The highest BCUT2D eigenvalue weighted by Gasteiger charge is 2.57. The minimum atomic E-state index is -1.20. The molecule has 15 nitrogen and oxygen atoms in total. The lowest BCUT2D eigenvalue weighted by Gasteiger charge is -2.47. The summed E-state index contributed by atoms with van der Waals surface area (Å²) >= 11 is 0. The zero-order valence-electron chi connectivity index (χ0n) is 33.2. The highest BCUT2D eigenvalue weighted by molar-refractivity contribution is 5.88. The molecule has 3 aliphatic rings. The van der Waals surface area contributed by atoms with Crippen LogP contribution in [0.5, 0.6) is 23.0 Å². The van der Waals surface area contributed by atoms with E-state index in [1.54, 1.807) is 38.1 Å². The van der Waals surface area contributed by atoms with Crippen molar-refractivity contribution in [1.29, 1.82) is 0 Å². The number of rotatable bonds is 8. The molecule has 0 amide bonds. The van der Waals surface area contributed by atoms with Crippen LogP contribution in [0.2, 0.25) is 0 Å². The molecule has 10 atom stereocenters. The molecule has 3 aliphatic heterocycles. The van der Waals surface area contributed by atoms with Crippen molar-refractivity contribution >= 4 is 28.1 Å². The molecule has 0 bridgehead atoms. The molecule has 4 aromatic rings. The summed E-state index contributed by atoms with van der Waals surface area (Å²) in [6.45, 7) is 15.2. The van der Waals surface area contributed by atoms with Crippen molar-refractivity contribution in [2.45, 2.75) is 116 Å². The molecule has 0 radical (unpaired) electrons. The van der Waals surface area contributed by atoms with E-state index in [1.165, 1.54) is 26.4 Å². The van der Waals surface area contributed by atoms with E-state index in [0.717, 1.165) is 0 Å². The van der Waals surface area contributed by atoms with E-state index in [-0.39, 0.29) is 11.8 Å². The van der Waals surface area contributed by atoms with Crippen molar-refractivity contribution in [3.8, 4) is 23.0 Å². The predicted octanol–water partition coefficient (Wildman–Crippen LogP) is 5.93. The van der Waals surface area contributed by atoms with E-state index in [9.17, 15) is 24.6 Å². The van der Waals surface area contributed by atoms with Crippen LogP contribution >= 0.6 is 0 Å². The van der Waals surface area contributed by atoms with Gasteiger partial charge in [0.15, 0.2) is 6.10 Å². The van der Waals surface area contributed by atoms with Gasteiger partial charge in [0.25, 0.3) is 0 Å². The molecule has 3 fully saturated rings. The van der Waals surface area contributed by atoms with Gasteiger partial charge in [-0.2, -0.15) is 0 Å². The van der Waals surface area contributed by atoms with E-state index < -0.39 is 65.6 Å². The maximum atomic E-state index is 11.9. The second kappa shape index (κ2) is 15.6. The summed E-state index contributed by atoms with van der Waals surface area (Å²) in [5.41, 5.74) is -0.346. The van der Waals surface area contributed by atoms with E-state index in [2.05, 4.69) is 0 Å². The molecular weight excluding hydrogens is 732 g/mol. The average Bonchev–Trinajstić information content (AvgIpc) is 3.58. The standard InChI is InChI=1S/C21H24O8.C20H26O7/c1-6-21(4)11(3)17-18(28-20(23)27-17)19(29-21)25-13-8-7-12-14(24-5)9-15(22)26-16(12)10(13)2;1-6-20(4)11(3)16(22)17(23)19(27-20)25-13-8-7-12-14(24-5)9-15(21)26-18(12)10(13)2/h7-9,11,17-19H,6H2,1-5H3;7-9,11,16-17,19,22-23H,6H2,1-5H3/t11-,17-,18-,19?,21+;11-,16-,17-,19?,20+/m11/s1. The Morgan fingerprint density at radius 1 is 0.643 bits per heavy atom. The predicted molar refractivity (Wildman–Crippen MR) is 201 cm³/mol. The number of methoxy groups -OCH3 is 2. The van der Waals surface area contributed by atoms with Crippen LogP contribution in [0, 0.1) is 25.7 Å². The first-order valence-electron chi connectivity index (χ1n) is 18.6. The van der Waals surface area contributed by atoms with E-state index in [1.807, 2.05) is 41.5 Å². The van der Waals surface area contributed by atoms with Gasteiger partial charge in [-0.05, 0) is 64.8 Å². The van der Waals surface area contributed by atoms with Crippen LogP contribution < -0.4 is 30.2 Å². The highest BCUT2D eigenvalue weighted by atomic mass is 16.8. The molecular formula is C41H50O15. The number of aliphatic hydroxyl groups excluding tert-OH is 2. The SMILES string of the molecule is CC[C@]1(C)OC(Oc2ccc3c(OC)cc(=O)oc3c2C)[C@@H]2OC(=O)O[C@@H]2[C@H]1C.CC[C@]1(C)OC(Oc2ccc3c(OC)cc(=O)oc3c2C)[C@H](O)[C@H](O)[C@H]1C. The molecule has 15 heteroatoms. The first kappa shape index (κ1) is 40.8. The minimum absolute atomic E-state index is 0.0659. The summed E-state index contributed by atoms with van der Waals surface area (Å²) in [6.07, 6.45) is -4.61. The van der Waals surface area contributed by atoms with Crippen molar-refractivity contribution in [3.63, 3.8) is 0 Å². The lowest BCUT2D eigenvalue weighted by molar-refractivity contribution is -0.291. The summed E-state index contributed by atoms with van der Waals surface area (Å²) in [4.78, 5) is 35.4. The van der Waals surface area contributed by atoms with Gasteiger partial charge in [-0.15, -0.1) is 0 Å². The van der Waals surface area contributed by atoms with E-state index in [4.69, 9.17) is 46.7 Å². The molecule has 2 aromatic heterocycles. The van der Waals surface area contributed by atoms with Gasteiger partial charge < -0.3 is 56.9 Å². The lowest BCUT2D eigenvalue weighted by Crippen LogP contribution is -2.60. The molecule has 5 heterocycles. The van der Waals surface area contributed by atoms with Crippen LogP contribution in [0.15, 0.2) is 54.8 Å². The van der Waals surface area contributed by atoms with Crippen LogP contribution in [0.4, 0.5) is 4.79 Å². The Bertz CT molecular complexity index is 2210. The Hall–Kier alpha value is -4.83. The van der Waals surface area contributed by atoms with Gasteiger partial charge in [0.05, 0.1) is 54.4 Å². The third kappa shape index (κ3) is 7.28. The van der Waals surface area contributed by atoms with Crippen molar-refractivity contribution < 1.29 is 61.7 Å². The average molecular weight is 783 g/mol. The molecule has 3 saturated heterocycles. The second-order valence-corrected chi connectivity index (χ2v) is 14.9. The van der Waals surface area contributed by atoms with Crippen LogP contribution in [0.3, 0.4) is 0 Å². The van der Waals surface area contributed by atoms with Crippen molar-refractivity contribution in [3.05, 3.63) is 68.4 Å². The monoisotopic (exact) mass is 782 g/mol. The second-order valence-electron chi connectivity index (χ2n) is 14.9. The largest absolute Gasteiger partial charge is 0.509 e. The van der Waals surface area contributed by atoms with Gasteiger partial charge in [-0.3, -0.25) is 0 Å². The summed E-state index contributed by atoms with van der Waals surface area (Å²) in [7, 11) is 2.97. The molecule has 2 unspecified atom stereocenters. The van der Waals surface area contributed by atoms with Crippen LogP contribution in [0.25, 0.3) is 21.9 Å². The van der Waals surface area contributed by atoms with Crippen LogP contribution in [0.1, 0.15) is 65.5 Å². The number of ether oxygens (including phenoxy) is 8. The van der Waals surface area contributed by atoms with Gasteiger partial charge >= 0.3 is 17.4 Å². The Balaban J connectivity index is 0.000000190. The van der Waals surface area contributed by atoms with Gasteiger partial charge in [0.2, 0.25) is 18.7 Å². The van der Waals surface area contributed by atoms with Crippen molar-refractivity contribution in [2.24, 2.45) is 11.8 Å². The maximum Gasteiger partial charge on any atom is 0.509 e. The fourth-order valence-electron chi connectivity index (χ4n) is 7.50. The Morgan fingerprint density at radius 2 is 1.09 bits per heavy atom. The molecule has 2 aromatic carbocycles. The number of fused-ring (bicyclic) bond motifs is 3. The number of carbonyl (C=O) groups is 1. The Labute approximate surface area is 323 Å². The van der Waals surface area contributed by atoms with E-state index >= 15 is 0 Å². The highest BCUT2D eigenvalue weighted by Crippen LogP contribution is 2.44. The number of carbonyl (C=O) groups excluding carboxylic acids is 1. The molecule has 0 spiro atoms. The summed E-state index contributed by atoms with van der Waals surface area (Å²) in [5, 5.41) is 22.1. The van der Waals surface area contributed by atoms with Crippen LogP contribution in [-0.4, -0.2) is 78.8 Å².